The summed E-state index contributed by atoms with van der Waals surface area (Å²) < 4.78 is 0. The molecular weight excluding hydrogens is 154 g/mol. The molecule has 1 saturated carbocycles. The minimum Gasteiger partial charge on any atom is -0.323 e. The molecule has 1 atom stereocenters. The molecule has 0 aliphatic heterocycles. The van der Waals surface area contributed by atoms with Crippen LogP contribution < -0.4 is 5.73 Å². The van der Waals surface area contributed by atoms with Crippen LogP contribution in [0.1, 0.15) is 30.2 Å². The van der Waals surface area contributed by atoms with Gasteiger partial charge in [0.1, 0.15) is 0 Å². The fraction of sp³-hybridized carbons (Fsp3) is 0.556. The van der Waals surface area contributed by atoms with Gasteiger partial charge < -0.3 is 5.73 Å². The fourth-order valence-corrected chi connectivity index (χ4v) is 2.33. The SMILES string of the molecule is N[C@@H](c1cccs1)C1CCC1. The van der Waals surface area contributed by atoms with Crippen LogP contribution in [0, 0.1) is 5.92 Å². The molecule has 0 spiro atoms. The van der Waals surface area contributed by atoms with Gasteiger partial charge in [-0.15, -0.1) is 11.3 Å². The molecule has 0 amide bonds. The van der Waals surface area contributed by atoms with E-state index in [-0.39, 0.29) is 0 Å². The highest BCUT2D eigenvalue weighted by Crippen LogP contribution is 2.37. The van der Waals surface area contributed by atoms with Gasteiger partial charge in [0.25, 0.3) is 0 Å². The van der Waals surface area contributed by atoms with Crippen molar-refractivity contribution in [2.75, 3.05) is 0 Å². The first-order valence-corrected chi connectivity index (χ1v) is 5.05. The van der Waals surface area contributed by atoms with Crippen molar-refractivity contribution in [1.29, 1.82) is 0 Å². The maximum Gasteiger partial charge on any atom is 0.0418 e. The summed E-state index contributed by atoms with van der Waals surface area (Å²) in [6.07, 6.45) is 4.04. The lowest BCUT2D eigenvalue weighted by Crippen LogP contribution is -2.25. The van der Waals surface area contributed by atoms with Crippen LogP contribution in [0.15, 0.2) is 17.5 Å². The molecule has 1 aromatic rings. The Morgan fingerprint density at radius 2 is 2.36 bits per heavy atom. The Morgan fingerprint density at radius 1 is 1.55 bits per heavy atom. The van der Waals surface area contributed by atoms with E-state index < -0.39 is 0 Å². The summed E-state index contributed by atoms with van der Waals surface area (Å²) in [6, 6.07) is 4.55. The summed E-state index contributed by atoms with van der Waals surface area (Å²) in [5.74, 6) is 0.772. The predicted molar refractivity (Wildman–Crippen MR) is 48.6 cm³/mol. The molecule has 2 N–H and O–H groups in total. The first-order valence-electron chi connectivity index (χ1n) is 4.17. The van der Waals surface area contributed by atoms with Gasteiger partial charge in [-0.3, -0.25) is 0 Å². The average molecular weight is 167 g/mol. The topological polar surface area (TPSA) is 26.0 Å². The fourth-order valence-electron chi connectivity index (χ4n) is 1.51. The molecule has 2 heteroatoms. The Hall–Kier alpha value is -0.340. The van der Waals surface area contributed by atoms with Gasteiger partial charge in [0, 0.05) is 10.9 Å². The first kappa shape index (κ1) is 7.32. The zero-order chi connectivity index (χ0) is 7.68. The Kier molecular flexibility index (Phi) is 1.96. The maximum absolute atomic E-state index is 6.06. The summed E-state index contributed by atoms with van der Waals surface area (Å²) in [5, 5.41) is 2.11. The van der Waals surface area contributed by atoms with E-state index in [0.29, 0.717) is 6.04 Å². The van der Waals surface area contributed by atoms with Gasteiger partial charge in [-0.1, -0.05) is 12.5 Å². The second-order valence-corrected chi connectivity index (χ2v) is 4.21. The van der Waals surface area contributed by atoms with Crippen LogP contribution in [0.4, 0.5) is 0 Å². The van der Waals surface area contributed by atoms with Crippen molar-refractivity contribution < 1.29 is 0 Å². The zero-order valence-corrected chi connectivity index (χ0v) is 7.31. The van der Waals surface area contributed by atoms with Crippen LogP contribution in [0.25, 0.3) is 0 Å². The van der Waals surface area contributed by atoms with E-state index in [4.69, 9.17) is 5.73 Å². The third-order valence-electron chi connectivity index (χ3n) is 2.53. The van der Waals surface area contributed by atoms with Crippen molar-refractivity contribution in [1.82, 2.24) is 0 Å². The van der Waals surface area contributed by atoms with Gasteiger partial charge >= 0.3 is 0 Å². The lowest BCUT2D eigenvalue weighted by Gasteiger charge is -2.30. The molecule has 1 aliphatic rings. The van der Waals surface area contributed by atoms with E-state index in [9.17, 15) is 0 Å². The van der Waals surface area contributed by atoms with Crippen molar-refractivity contribution in [3.8, 4) is 0 Å². The maximum atomic E-state index is 6.06. The third kappa shape index (κ3) is 1.33. The molecule has 0 bridgehead atoms. The number of thiophene rings is 1. The van der Waals surface area contributed by atoms with Crippen LogP contribution >= 0.6 is 11.3 Å². The average Bonchev–Trinajstić information content (AvgIpc) is 2.32. The standard InChI is InChI=1S/C9H13NS/c10-9(7-3-1-4-7)8-5-2-6-11-8/h2,5-7,9H,1,3-4,10H2/t9-/m1/s1. The largest absolute Gasteiger partial charge is 0.323 e. The molecule has 1 aliphatic carbocycles. The van der Waals surface area contributed by atoms with Crippen LogP contribution in [-0.2, 0) is 0 Å². The molecule has 1 heterocycles. The highest BCUT2D eigenvalue weighted by Gasteiger charge is 2.25. The van der Waals surface area contributed by atoms with Gasteiger partial charge in [-0.05, 0) is 30.2 Å². The Labute approximate surface area is 71.2 Å². The summed E-state index contributed by atoms with van der Waals surface area (Å²) in [6.45, 7) is 0. The molecule has 0 radical (unpaired) electrons. The Bertz CT molecular complexity index is 213. The Balaban J connectivity index is 2.04. The summed E-state index contributed by atoms with van der Waals surface area (Å²) in [5.41, 5.74) is 6.06. The molecule has 1 nitrogen and oxygen atoms in total. The monoisotopic (exact) mass is 167 g/mol. The third-order valence-corrected chi connectivity index (χ3v) is 3.50. The number of nitrogens with two attached hydrogens (primary N) is 1. The quantitative estimate of drug-likeness (QED) is 0.719. The van der Waals surface area contributed by atoms with Crippen molar-refractivity contribution in [3.63, 3.8) is 0 Å². The van der Waals surface area contributed by atoms with Gasteiger partial charge in [0.2, 0.25) is 0 Å². The van der Waals surface area contributed by atoms with Gasteiger partial charge in [-0.2, -0.15) is 0 Å². The van der Waals surface area contributed by atoms with E-state index in [1.807, 2.05) is 0 Å². The lowest BCUT2D eigenvalue weighted by atomic mass is 9.79. The van der Waals surface area contributed by atoms with Crippen molar-refractivity contribution in [3.05, 3.63) is 22.4 Å². The number of hydrogen-bond acceptors (Lipinski definition) is 2. The first-order chi connectivity index (χ1) is 5.38. The zero-order valence-electron chi connectivity index (χ0n) is 6.49. The minimum absolute atomic E-state index is 0.323. The second kappa shape index (κ2) is 2.95. The molecule has 0 saturated heterocycles. The van der Waals surface area contributed by atoms with Gasteiger partial charge in [-0.25, -0.2) is 0 Å². The highest BCUT2D eigenvalue weighted by atomic mass is 32.1. The van der Waals surface area contributed by atoms with E-state index in [1.54, 1.807) is 11.3 Å². The summed E-state index contributed by atoms with van der Waals surface area (Å²) >= 11 is 1.78. The molecule has 11 heavy (non-hydrogen) atoms. The van der Waals surface area contributed by atoms with Gasteiger partial charge in [0.15, 0.2) is 0 Å². The Morgan fingerprint density at radius 3 is 2.82 bits per heavy atom. The molecular formula is C9H13NS. The van der Waals surface area contributed by atoms with Crippen molar-refractivity contribution in [2.45, 2.75) is 25.3 Å². The second-order valence-electron chi connectivity index (χ2n) is 3.23. The summed E-state index contributed by atoms with van der Waals surface area (Å²) in [4.78, 5) is 1.36. The van der Waals surface area contributed by atoms with Crippen LogP contribution in [0.3, 0.4) is 0 Å². The number of rotatable bonds is 2. The van der Waals surface area contributed by atoms with E-state index in [2.05, 4.69) is 17.5 Å². The minimum atomic E-state index is 0.323. The van der Waals surface area contributed by atoms with E-state index in [1.165, 1.54) is 24.1 Å². The molecule has 1 aromatic heterocycles. The van der Waals surface area contributed by atoms with Crippen LogP contribution in [0.2, 0.25) is 0 Å². The van der Waals surface area contributed by atoms with Crippen LogP contribution in [-0.4, -0.2) is 0 Å². The molecule has 2 rings (SSSR count). The smallest absolute Gasteiger partial charge is 0.0418 e. The predicted octanol–water partition coefficient (Wildman–Crippen LogP) is 2.55. The molecule has 1 fully saturated rings. The lowest BCUT2D eigenvalue weighted by molar-refractivity contribution is 0.267. The highest BCUT2D eigenvalue weighted by molar-refractivity contribution is 7.10. The van der Waals surface area contributed by atoms with E-state index >= 15 is 0 Å². The molecule has 0 aromatic carbocycles. The van der Waals surface area contributed by atoms with Gasteiger partial charge in [0.05, 0.1) is 0 Å². The molecule has 0 unspecified atom stereocenters. The van der Waals surface area contributed by atoms with Crippen molar-refractivity contribution in [2.24, 2.45) is 11.7 Å². The molecule has 60 valence electrons. The van der Waals surface area contributed by atoms with E-state index in [0.717, 1.165) is 5.92 Å². The van der Waals surface area contributed by atoms with Crippen molar-refractivity contribution >= 4 is 11.3 Å². The normalized spacial score (nSPS) is 21.2. The number of hydrogen-bond donors (Lipinski definition) is 1. The van der Waals surface area contributed by atoms with Crippen LogP contribution in [0.5, 0.6) is 0 Å². The summed E-state index contributed by atoms with van der Waals surface area (Å²) in [7, 11) is 0.